The van der Waals surface area contributed by atoms with E-state index in [0.717, 1.165) is 69.5 Å². The second-order valence-electron chi connectivity index (χ2n) is 6.76. The van der Waals surface area contributed by atoms with Crippen molar-refractivity contribution in [1.29, 1.82) is 0 Å². The van der Waals surface area contributed by atoms with Gasteiger partial charge in [-0.1, -0.05) is 6.07 Å². The highest BCUT2D eigenvalue weighted by Crippen LogP contribution is 2.13. The molecule has 2 aliphatic rings. The van der Waals surface area contributed by atoms with Gasteiger partial charge in [-0.05, 0) is 31.5 Å². The number of hydrogen-bond donors (Lipinski definition) is 2. The molecule has 1 aromatic rings. The molecule has 0 saturated carbocycles. The van der Waals surface area contributed by atoms with Gasteiger partial charge in [0.25, 0.3) is 0 Å². The van der Waals surface area contributed by atoms with Gasteiger partial charge in [0.2, 0.25) is 0 Å². The smallest absolute Gasteiger partial charge is 0.191 e. The van der Waals surface area contributed by atoms with Crippen molar-refractivity contribution < 1.29 is 4.74 Å². The Morgan fingerprint density at radius 1 is 1.28 bits per heavy atom. The number of likely N-dealkylation sites (N-methyl/N-ethyl adjacent to an activating group) is 1. The fourth-order valence-corrected chi connectivity index (χ4v) is 3.17. The van der Waals surface area contributed by atoms with E-state index in [4.69, 9.17) is 4.74 Å². The van der Waals surface area contributed by atoms with Crippen LogP contribution >= 0.6 is 0 Å². The molecule has 3 rings (SSSR count). The topological polar surface area (TPSA) is 65.0 Å². The zero-order valence-electron chi connectivity index (χ0n) is 15.4. The van der Waals surface area contributed by atoms with Crippen molar-refractivity contribution in [2.75, 3.05) is 58.3 Å². The van der Waals surface area contributed by atoms with Gasteiger partial charge in [0.15, 0.2) is 5.96 Å². The molecular weight excluding hydrogens is 316 g/mol. The highest BCUT2D eigenvalue weighted by Gasteiger charge is 2.16. The Labute approximate surface area is 150 Å². The number of anilines is 1. The molecule has 1 unspecified atom stereocenters. The molecule has 0 amide bonds. The number of hydrogen-bond acceptors (Lipinski definition) is 5. The Hall–Kier alpha value is -1.86. The molecule has 2 fully saturated rings. The van der Waals surface area contributed by atoms with Crippen molar-refractivity contribution in [1.82, 2.24) is 20.5 Å². The van der Waals surface area contributed by atoms with Crippen molar-refractivity contribution in [2.45, 2.75) is 25.5 Å². The maximum atomic E-state index is 5.63. The van der Waals surface area contributed by atoms with Gasteiger partial charge in [0.1, 0.15) is 5.82 Å². The van der Waals surface area contributed by atoms with E-state index in [-0.39, 0.29) is 0 Å². The summed E-state index contributed by atoms with van der Waals surface area (Å²) in [5.41, 5.74) is 1.15. The molecule has 1 atom stereocenters. The van der Waals surface area contributed by atoms with Crippen molar-refractivity contribution in [2.24, 2.45) is 4.99 Å². The number of rotatable bonds is 5. The minimum Gasteiger partial charge on any atom is -0.376 e. The molecule has 3 heterocycles. The van der Waals surface area contributed by atoms with E-state index in [9.17, 15) is 0 Å². The second kappa shape index (κ2) is 9.01. The Morgan fingerprint density at radius 3 is 2.76 bits per heavy atom. The summed E-state index contributed by atoms with van der Waals surface area (Å²) in [7, 11) is 3.96. The van der Waals surface area contributed by atoms with Crippen LogP contribution in [0.2, 0.25) is 0 Å². The molecule has 7 heteroatoms. The number of pyridine rings is 1. The summed E-state index contributed by atoms with van der Waals surface area (Å²) >= 11 is 0. The molecule has 0 spiro atoms. The number of nitrogens with one attached hydrogen (secondary N) is 2. The summed E-state index contributed by atoms with van der Waals surface area (Å²) in [6, 6.07) is 4.26. The van der Waals surface area contributed by atoms with E-state index < -0.39 is 0 Å². The molecule has 2 saturated heterocycles. The molecular formula is C18H30N6O. The van der Waals surface area contributed by atoms with Gasteiger partial charge in [-0.15, -0.1) is 0 Å². The summed E-state index contributed by atoms with van der Waals surface area (Å²) in [5, 5.41) is 6.67. The van der Waals surface area contributed by atoms with Crippen LogP contribution in [-0.2, 0) is 11.3 Å². The first-order chi connectivity index (χ1) is 12.2. The lowest BCUT2D eigenvalue weighted by atomic mass is 10.2. The van der Waals surface area contributed by atoms with Crippen LogP contribution < -0.4 is 15.5 Å². The Bertz CT molecular complexity index is 547. The molecule has 25 heavy (non-hydrogen) atoms. The van der Waals surface area contributed by atoms with Crippen LogP contribution in [0.5, 0.6) is 0 Å². The minimum atomic E-state index is 0.308. The monoisotopic (exact) mass is 346 g/mol. The average molecular weight is 346 g/mol. The van der Waals surface area contributed by atoms with E-state index in [0.29, 0.717) is 12.6 Å². The minimum absolute atomic E-state index is 0.308. The lowest BCUT2D eigenvalue weighted by molar-refractivity contribution is 0.114. The van der Waals surface area contributed by atoms with Crippen molar-refractivity contribution in [3.8, 4) is 0 Å². The van der Waals surface area contributed by atoms with Crippen molar-refractivity contribution in [3.05, 3.63) is 23.9 Å². The van der Waals surface area contributed by atoms with Gasteiger partial charge < -0.3 is 25.2 Å². The van der Waals surface area contributed by atoms with E-state index in [2.05, 4.69) is 49.6 Å². The average Bonchev–Trinajstić information content (AvgIpc) is 3.17. The number of aliphatic imine (C=N–C) groups is 1. The molecule has 2 aliphatic heterocycles. The lowest BCUT2D eigenvalue weighted by Crippen LogP contribution is -2.44. The Morgan fingerprint density at radius 2 is 2.12 bits per heavy atom. The van der Waals surface area contributed by atoms with Gasteiger partial charge in [0.05, 0.1) is 6.10 Å². The SMILES string of the molecule is CN=C(NCc1ccc(N2CCN(C)CC2)nc1)NCC1CCCO1. The molecule has 1 aromatic heterocycles. The van der Waals surface area contributed by atoms with Gasteiger partial charge in [-0.25, -0.2) is 4.98 Å². The van der Waals surface area contributed by atoms with Crippen molar-refractivity contribution >= 4 is 11.8 Å². The van der Waals surface area contributed by atoms with Crippen LogP contribution in [0.3, 0.4) is 0 Å². The lowest BCUT2D eigenvalue weighted by Gasteiger charge is -2.33. The first kappa shape index (κ1) is 17.9. The van der Waals surface area contributed by atoms with Crippen molar-refractivity contribution in [3.63, 3.8) is 0 Å². The van der Waals surface area contributed by atoms with Crippen LogP contribution in [-0.4, -0.2) is 75.4 Å². The second-order valence-corrected chi connectivity index (χ2v) is 6.76. The first-order valence-electron chi connectivity index (χ1n) is 9.19. The molecule has 138 valence electrons. The molecule has 2 N–H and O–H groups in total. The number of piperazine rings is 1. The third kappa shape index (κ3) is 5.31. The largest absolute Gasteiger partial charge is 0.376 e. The predicted octanol–water partition coefficient (Wildman–Crippen LogP) is 0.677. The van der Waals surface area contributed by atoms with Gasteiger partial charge >= 0.3 is 0 Å². The van der Waals surface area contributed by atoms with E-state index in [1.807, 2.05) is 6.20 Å². The Kier molecular flexibility index (Phi) is 6.47. The number of guanidine groups is 1. The number of ether oxygens (including phenoxy) is 1. The highest BCUT2D eigenvalue weighted by atomic mass is 16.5. The third-order valence-electron chi connectivity index (χ3n) is 4.84. The van der Waals surface area contributed by atoms with Crippen LogP contribution in [0.25, 0.3) is 0 Å². The first-order valence-corrected chi connectivity index (χ1v) is 9.19. The van der Waals surface area contributed by atoms with Crippen LogP contribution in [0, 0.1) is 0 Å². The third-order valence-corrected chi connectivity index (χ3v) is 4.84. The van der Waals surface area contributed by atoms with Gasteiger partial charge in [-0.2, -0.15) is 0 Å². The summed E-state index contributed by atoms with van der Waals surface area (Å²) < 4.78 is 5.63. The molecule has 0 radical (unpaired) electrons. The fourth-order valence-electron chi connectivity index (χ4n) is 3.17. The number of aromatic nitrogens is 1. The normalized spacial score (nSPS) is 22.2. The van der Waals surface area contributed by atoms with Crippen LogP contribution in [0.15, 0.2) is 23.3 Å². The molecule has 0 aliphatic carbocycles. The van der Waals surface area contributed by atoms with Crippen LogP contribution in [0.1, 0.15) is 18.4 Å². The highest BCUT2D eigenvalue weighted by molar-refractivity contribution is 5.79. The fraction of sp³-hybridized carbons (Fsp3) is 0.667. The van der Waals surface area contributed by atoms with E-state index in [1.54, 1.807) is 7.05 Å². The predicted molar refractivity (Wildman–Crippen MR) is 101 cm³/mol. The van der Waals surface area contributed by atoms with Crippen LogP contribution in [0.4, 0.5) is 5.82 Å². The van der Waals surface area contributed by atoms with Gasteiger partial charge in [-0.3, -0.25) is 4.99 Å². The van der Waals surface area contributed by atoms with Gasteiger partial charge in [0, 0.05) is 59.1 Å². The number of nitrogens with zero attached hydrogens (tertiary/aromatic N) is 4. The Balaban J connectivity index is 1.44. The summed E-state index contributed by atoms with van der Waals surface area (Å²) in [6.45, 7) is 6.67. The molecule has 0 aromatic carbocycles. The maximum absolute atomic E-state index is 5.63. The van der Waals surface area contributed by atoms with E-state index >= 15 is 0 Å². The van der Waals surface area contributed by atoms with E-state index in [1.165, 1.54) is 0 Å². The standard InChI is InChI=1S/C18H30N6O/c1-19-18(22-14-16-4-3-11-25-16)21-13-15-5-6-17(20-12-15)24-9-7-23(2)8-10-24/h5-6,12,16H,3-4,7-11,13-14H2,1-2H3,(H2,19,21,22). The summed E-state index contributed by atoms with van der Waals surface area (Å²) in [4.78, 5) is 13.6. The quantitative estimate of drug-likeness (QED) is 0.604. The summed E-state index contributed by atoms with van der Waals surface area (Å²) in [5.74, 6) is 1.87. The zero-order valence-corrected chi connectivity index (χ0v) is 15.4. The maximum Gasteiger partial charge on any atom is 0.191 e. The summed E-state index contributed by atoms with van der Waals surface area (Å²) in [6.07, 6.45) is 4.54. The molecule has 7 nitrogen and oxygen atoms in total. The molecule has 0 bridgehead atoms. The zero-order chi connectivity index (χ0) is 17.5.